The van der Waals surface area contributed by atoms with Gasteiger partial charge in [0.2, 0.25) is 5.91 Å². The van der Waals surface area contributed by atoms with Gasteiger partial charge in [0.15, 0.2) is 0 Å². The maximum absolute atomic E-state index is 12.2. The van der Waals surface area contributed by atoms with E-state index in [1.807, 2.05) is 0 Å². The van der Waals surface area contributed by atoms with Crippen LogP contribution in [0.1, 0.15) is 46.0 Å². The second kappa shape index (κ2) is 7.41. The van der Waals surface area contributed by atoms with Crippen LogP contribution in [0.25, 0.3) is 0 Å². The van der Waals surface area contributed by atoms with Gasteiger partial charge >= 0.3 is 0 Å². The zero-order chi connectivity index (χ0) is 14.5. The van der Waals surface area contributed by atoms with Gasteiger partial charge in [0.05, 0.1) is 6.54 Å². The normalized spacial score (nSPS) is 35.8. The highest BCUT2D eigenvalue weighted by molar-refractivity contribution is 5.78. The van der Waals surface area contributed by atoms with Crippen LogP contribution in [0.2, 0.25) is 0 Å². The van der Waals surface area contributed by atoms with Gasteiger partial charge in [0, 0.05) is 19.2 Å². The van der Waals surface area contributed by atoms with Crippen LogP contribution in [0.5, 0.6) is 0 Å². The summed E-state index contributed by atoms with van der Waals surface area (Å²) in [6.45, 7) is 7.14. The van der Waals surface area contributed by atoms with Gasteiger partial charge in [-0.1, -0.05) is 26.7 Å². The zero-order valence-corrected chi connectivity index (χ0v) is 13.0. The molecule has 2 rings (SSSR count). The van der Waals surface area contributed by atoms with Gasteiger partial charge in [-0.25, -0.2) is 0 Å². The summed E-state index contributed by atoms with van der Waals surface area (Å²) < 4.78 is 0. The molecule has 2 N–H and O–H groups in total. The van der Waals surface area contributed by atoms with Gasteiger partial charge in [-0.05, 0) is 43.6 Å². The molecule has 4 atom stereocenters. The van der Waals surface area contributed by atoms with E-state index in [0.29, 0.717) is 30.3 Å². The number of piperidine rings is 1. The minimum atomic E-state index is 0.162. The van der Waals surface area contributed by atoms with Gasteiger partial charge in [0.25, 0.3) is 0 Å². The number of carbonyl (C=O) groups excluding carboxylic acids is 1. The van der Waals surface area contributed by atoms with Gasteiger partial charge in [-0.2, -0.15) is 0 Å². The van der Waals surface area contributed by atoms with Crippen LogP contribution in [0, 0.1) is 17.8 Å². The first-order valence-electron chi connectivity index (χ1n) is 8.22. The van der Waals surface area contributed by atoms with E-state index in [0.717, 1.165) is 32.4 Å². The van der Waals surface area contributed by atoms with Crippen LogP contribution in [-0.4, -0.2) is 48.2 Å². The van der Waals surface area contributed by atoms with Crippen molar-refractivity contribution in [3.05, 3.63) is 0 Å². The second-order valence-corrected chi connectivity index (χ2v) is 6.87. The van der Waals surface area contributed by atoms with Crippen LogP contribution >= 0.6 is 0 Å². The van der Waals surface area contributed by atoms with Crippen molar-refractivity contribution in [2.45, 2.75) is 52.0 Å². The summed E-state index contributed by atoms with van der Waals surface area (Å²) in [7, 11) is 0. The second-order valence-electron chi connectivity index (χ2n) is 6.87. The van der Waals surface area contributed by atoms with Crippen LogP contribution < -0.4 is 5.32 Å². The Morgan fingerprint density at radius 3 is 2.80 bits per heavy atom. The Hall–Kier alpha value is -0.610. The number of nitrogens with zero attached hydrogens (tertiary/aromatic N) is 1. The molecule has 1 saturated heterocycles. The number of hydrogen-bond acceptors (Lipinski definition) is 3. The monoisotopic (exact) mass is 282 g/mol. The van der Waals surface area contributed by atoms with Gasteiger partial charge < -0.3 is 10.4 Å². The Balaban J connectivity index is 1.77. The molecule has 0 bridgehead atoms. The molecule has 1 aliphatic carbocycles. The molecule has 2 aliphatic rings. The highest BCUT2D eigenvalue weighted by Gasteiger charge is 2.29. The Morgan fingerprint density at radius 2 is 2.05 bits per heavy atom. The fraction of sp³-hybridized carbons (Fsp3) is 0.938. The zero-order valence-electron chi connectivity index (χ0n) is 13.0. The molecule has 1 amide bonds. The molecule has 4 unspecified atom stereocenters. The summed E-state index contributed by atoms with van der Waals surface area (Å²) in [6.07, 6.45) is 5.82. The van der Waals surface area contributed by atoms with Crippen molar-refractivity contribution in [1.82, 2.24) is 10.2 Å². The summed E-state index contributed by atoms with van der Waals surface area (Å²) in [5.41, 5.74) is 0. The van der Waals surface area contributed by atoms with Gasteiger partial charge in [0.1, 0.15) is 0 Å². The Bertz CT molecular complexity index is 322. The maximum Gasteiger partial charge on any atom is 0.234 e. The first-order chi connectivity index (χ1) is 9.60. The van der Waals surface area contributed by atoms with Gasteiger partial charge in [-0.15, -0.1) is 0 Å². The van der Waals surface area contributed by atoms with Crippen molar-refractivity contribution in [3.8, 4) is 0 Å². The third-order valence-electron chi connectivity index (χ3n) is 5.28. The molecule has 0 radical (unpaired) electrons. The molecule has 1 saturated carbocycles. The molecule has 0 aromatic carbocycles. The summed E-state index contributed by atoms with van der Waals surface area (Å²) in [5, 5.41) is 12.5. The van der Waals surface area contributed by atoms with E-state index >= 15 is 0 Å². The van der Waals surface area contributed by atoms with E-state index in [1.54, 1.807) is 0 Å². The number of aliphatic hydroxyl groups is 1. The lowest BCUT2D eigenvalue weighted by Gasteiger charge is -2.36. The Labute approximate surface area is 122 Å². The Morgan fingerprint density at radius 1 is 1.25 bits per heavy atom. The number of nitrogens with one attached hydrogen (secondary N) is 1. The highest BCUT2D eigenvalue weighted by Crippen LogP contribution is 2.29. The smallest absolute Gasteiger partial charge is 0.234 e. The van der Waals surface area contributed by atoms with Crippen LogP contribution in [-0.2, 0) is 4.79 Å². The molecule has 4 nitrogen and oxygen atoms in total. The third-order valence-corrected chi connectivity index (χ3v) is 5.28. The van der Waals surface area contributed by atoms with Crippen LogP contribution in [0.15, 0.2) is 0 Å². The Kier molecular flexibility index (Phi) is 5.85. The summed E-state index contributed by atoms with van der Waals surface area (Å²) >= 11 is 0. The topological polar surface area (TPSA) is 52.6 Å². The van der Waals surface area contributed by atoms with E-state index < -0.39 is 0 Å². The van der Waals surface area contributed by atoms with Gasteiger partial charge in [-0.3, -0.25) is 9.69 Å². The van der Waals surface area contributed by atoms with Crippen molar-refractivity contribution < 1.29 is 9.90 Å². The average Bonchev–Trinajstić information content (AvgIpc) is 2.44. The van der Waals surface area contributed by atoms with Crippen LogP contribution in [0.4, 0.5) is 0 Å². The first-order valence-corrected chi connectivity index (χ1v) is 8.22. The number of hydrogen-bond donors (Lipinski definition) is 2. The predicted octanol–water partition coefficient (Wildman–Crippen LogP) is 1.63. The SMILES string of the molecule is CC1CCCC(NC(=O)CN2CCCC(CO)C2)C1C. The van der Waals surface area contributed by atoms with Crippen molar-refractivity contribution >= 4 is 5.91 Å². The standard InChI is InChI=1S/C16H30N2O2/c1-12-5-3-7-15(13(12)2)17-16(20)10-18-8-4-6-14(9-18)11-19/h12-15,19H,3-11H2,1-2H3,(H,17,20). The predicted molar refractivity (Wildman–Crippen MR) is 80.4 cm³/mol. The van der Waals surface area contributed by atoms with Crippen molar-refractivity contribution in [2.75, 3.05) is 26.2 Å². The summed E-state index contributed by atoms with van der Waals surface area (Å²) in [4.78, 5) is 14.4. The lowest BCUT2D eigenvalue weighted by molar-refractivity contribution is -0.124. The molecule has 4 heteroatoms. The van der Waals surface area contributed by atoms with Crippen molar-refractivity contribution in [2.24, 2.45) is 17.8 Å². The molecule has 20 heavy (non-hydrogen) atoms. The highest BCUT2D eigenvalue weighted by atomic mass is 16.3. The summed E-state index contributed by atoms with van der Waals surface area (Å²) in [5.74, 6) is 1.81. The fourth-order valence-corrected chi connectivity index (χ4v) is 3.69. The molecule has 0 aromatic heterocycles. The molecule has 0 aromatic rings. The lowest BCUT2D eigenvalue weighted by Crippen LogP contribution is -2.49. The maximum atomic E-state index is 12.2. The van der Waals surface area contributed by atoms with E-state index in [2.05, 4.69) is 24.1 Å². The summed E-state index contributed by atoms with van der Waals surface area (Å²) in [6, 6.07) is 0.352. The third kappa shape index (κ3) is 4.19. The molecule has 1 heterocycles. The minimum absolute atomic E-state index is 0.162. The largest absolute Gasteiger partial charge is 0.396 e. The quantitative estimate of drug-likeness (QED) is 0.824. The first kappa shape index (κ1) is 15.8. The van der Waals surface area contributed by atoms with Crippen LogP contribution in [0.3, 0.4) is 0 Å². The molecular weight excluding hydrogens is 252 g/mol. The number of carbonyl (C=O) groups is 1. The number of amides is 1. The molecule has 1 aliphatic heterocycles. The van der Waals surface area contributed by atoms with E-state index in [1.165, 1.54) is 12.8 Å². The van der Waals surface area contributed by atoms with E-state index in [-0.39, 0.29) is 12.5 Å². The number of aliphatic hydroxyl groups excluding tert-OH is 1. The molecule has 0 spiro atoms. The van der Waals surface area contributed by atoms with E-state index in [9.17, 15) is 9.90 Å². The lowest BCUT2D eigenvalue weighted by atomic mass is 9.78. The number of rotatable bonds is 4. The molecule has 2 fully saturated rings. The average molecular weight is 282 g/mol. The number of likely N-dealkylation sites (tertiary alicyclic amines) is 1. The minimum Gasteiger partial charge on any atom is -0.396 e. The molecule has 116 valence electrons. The van der Waals surface area contributed by atoms with Crippen molar-refractivity contribution in [1.29, 1.82) is 0 Å². The molecular formula is C16H30N2O2. The van der Waals surface area contributed by atoms with Crippen molar-refractivity contribution in [3.63, 3.8) is 0 Å². The van der Waals surface area contributed by atoms with E-state index in [4.69, 9.17) is 0 Å². The fourth-order valence-electron chi connectivity index (χ4n) is 3.69.